The van der Waals surface area contributed by atoms with Crippen LogP contribution in [0.4, 0.5) is 0 Å². The van der Waals surface area contributed by atoms with Crippen molar-refractivity contribution in [3.05, 3.63) is 34.1 Å². The van der Waals surface area contributed by atoms with Gasteiger partial charge in [-0.05, 0) is 31.2 Å². The predicted molar refractivity (Wildman–Crippen MR) is 62.4 cm³/mol. The van der Waals surface area contributed by atoms with E-state index in [4.69, 9.17) is 0 Å². The molecule has 1 aliphatic carbocycles. The number of H-pyrrole nitrogens is 1. The minimum Gasteiger partial charge on any atom is -0.268 e. The second-order valence-corrected chi connectivity index (χ2v) is 4.63. The number of aromatic nitrogens is 2. The quantitative estimate of drug-likeness (QED) is 0.628. The van der Waals surface area contributed by atoms with Crippen molar-refractivity contribution >= 4 is 11.8 Å². The van der Waals surface area contributed by atoms with E-state index >= 15 is 0 Å². The highest BCUT2D eigenvalue weighted by Crippen LogP contribution is 2.26. The Balaban J connectivity index is 2.38. The zero-order chi connectivity index (χ0) is 10.7. The molecule has 4 heteroatoms. The van der Waals surface area contributed by atoms with Gasteiger partial charge in [0.2, 0.25) is 0 Å². The first-order valence-corrected chi connectivity index (χ1v) is 6.15. The minimum absolute atomic E-state index is 0.00680. The summed E-state index contributed by atoms with van der Waals surface area (Å²) in [6.45, 7) is 3.68. The lowest BCUT2D eigenvalue weighted by molar-refractivity contribution is 0.645. The van der Waals surface area contributed by atoms with Crippen molar-refractivity contribution in [2.24, 2.45) is 0 Å². The summed E-state index contributed by atoms with van der Waals surface area (Å²) in [6, 6.07) is 0. The molecule has 1 N–H and O–H groups in total. The van der Waals surface area contributed by atoms with E-state index in [1.165, 1.54) is 6.42 Å². The SMILES string of the molecule is C=CCSc1n[nH]c(=O)c2c1CCCC2. The molecule has 0 aliphatic heterocycles. The average molecular weight is 222 g/mol. The van der Waals surface area contributed by atoms with Crippen molar-refractivity contribution in [2.75, 3.05) is 5.75 Å². The number of aromatic amines is 1. The molecule has 0 aromatic carbocycles. The summed E-state index contributed by atoms with van der Waals surface area (Å²) in [5.41, 5.74) is 2.10. The second-order valence-electron chi connectivity index (χ2n) is 3.62. The van der Waals surface area contributed by atoms with Crippen LogP contribution in [0.5, 0.6) is 0 Å². The molecule has 0 atom stereocenters. The summed E-state index contributed by atoms with van der Waals surface area (Å²) in [6.07, 6.45) is 6.03. The fraction of sp³-hybridized carbons (Fsp3) is 0.455. The largest absolute Gasteiger partial charge is 0.268 e. The highest BCUT2D eigenvalue weighted by atomic mass is 32.2. The van der Waals surface area contributed by atoms with E-state index in [0.29, 0.717) is 0 Å². The number of thioether (sulfide) groups is 1. The Labute approximate surface area is 93.0 Å². The predicted octanol–water partition coefficient (Wildman–Crippen LogP) is 1.93. The standard InChI is InChI=1S/C11H14N2OS/c1-2-7-15-11-9-6-4-3-5-8(9)10(14)12-13-11/h2H,1,3-7H2,(H,12,14). The van der Waals surface area contributed by atoms with Crippen LogP contribution in [0.15, 0.2) is 22.5 Å². The molecule has 0 unspecified atom stereocenters. The summed E-state index contributed by atoms with van der Waals surface area (Å²) in [5, 5.41) is 7.66. The zero-order valence-electron chi connectivity index (χ0n) is 8.58. The molecule has 80 valence electrons. The molecule has 1 aromatic rings. The third-order valence-electron chi connectivity index (χ3n) is 2.60. The normalized spacial score (nSPS) is 14.7. The van der Waals surface area contributed by atoms with Crippen molar-refractivity contribution in [3.63, 3.8) is 0 Å². The summed E-state index contributed by atoms with van der Waals surface area (Å²) >= 11 is 1.64. The van der Waals surface area contributed by atoms with Crippen molar-refractivity contribution < 1.29 is 0 Å². The first kappa shape index (κ1) is 10.5. The van der Waals surface area contributed by atoms with Crippen LogP contribution in [0.3, 0.4) is 0 Å². The first-order valence-electron chi connectivity index (χ1n) is 5.17. The summed E-state index contributed by atoms with van der Waals surface area (Å²) in [7, 11) is 0. The van der Waals surface area contributed by atoms with Gasteiger partial charge in [-0.25, -0.2) is 5.10 Å². The number of hydrogen-bond donors (Lipinski definition) is 1. The van der Waals surface area contributed by atoms with E-state index < -0.39 is 0 Å². The number of nitrogens with zero attached hydrogens (tertiary/aromatic N) is 1. The Kier molecular flexibility index (Phi) is 3.26. The molecule has 0 saturated carbocycles. The Bertz CT molecular complexity index is 425. The Morgan fingerprint density at radius 3 is 2.87 bits per heavy atom. The van der Waals surface area contributed by atoms with Crippen molar-refractivity contribution in [2.45, 2.75) is 30.7 Å². The summed E-state index contributed by atoms with van der Waals surface area (Å²) < 4.78 is 0. The Morgan fingerprint density at radius 1 is 1.40 bits per heavy atom. The number of hydrogen-bond acceptors (Lipinski definition) is 3. The van der Waals surface area contributed by atoms with Crippen LogP contribution < -0.4 is 5.56 Å². The van der Waals surface area contributed by atoms with Crippen LogP contribution in [0.2, 0.25) is 0 Å². The van der Waals surface area contributed by atoms with E-state index in [-0.39, 0.29) is 5.56 Å². The molecule has 1 heterocycles. The smallest absolute Gasteiger partial charge is 0.267 e. The number of fused-ring (bicyclic) bond motifs is 1. The lowest BCUT2D eigenvalue weighted by Crippen LogP contribution is -2.21. The van der Waals surface area contributed by atoms with Crippen LogP contribution in [-0.2, 0) is 12.8 Å². The molecule has 1 aromatic heterocycles. The van der Waals surface area contributed by atoms with E-state index in [2.05, 4.69) is 16.8 Å². The monoisotopic (exact) mass is 222 g/mol. The third kappa shape index (κ3) is 2.15. The summed E-state index contributed by atoms with van der Waals surface area (Å²) in [4.78, 5) is 11.5. The Morgan fingerprint density at radius 2 is 2.13 bits per heavy atom. The highest BCUT2D eigenvalue weighted by Gasteiger charge is 2.17. The van der Waals surface area contributed by atoms with E-state index in [9.17, 15) is 4.79 Å². The topological polar surface area (TPSA) is 45.8 Å². The van der Waals surface area contributed by atoms with Gasteiger partial charge in [0, 0.05) is 11.3 Å². The van der Waals surface area contributed by atoms with Crippen LogP contribution in [0.1, 0.15) is 24.0 Å². The minimum atomic E-state index is -0.00680. The molecule has 3 nitrogen and oxygen atoms in total. The van der Waals surface area contributed by atoms with Crippen LogP contribution in [0.25, 0.3) is 0 Å². The van der Waals surface area contributed by atoms with Gasteiger partial charge in [0.15, 0.2) is 0 Å². The molecule has 15 heavy (non-hydrogen) atoms. The van der Waals surface area contributed by atoms with Gasteiger partial charge in [-0.3, -0.25) is 4.79 Å². The van der Waals surface area contributed by atoms with Crippen LogP contribution in [0, 0.1) is 0 Å². The van der Waals surface area contributed by atoms with E-state index in [0.717, 1.165) is 41.2 Å². The molecule has 0 fully saturated rings. The maximum absolute atomic E-state index is 11.5. The van der Waals surface area contributed by atoms with E-state index in [1.54, 1.807) is 11.8 Å². The Hall–Kier alpha value is -1.03. The molecule has 0 radical (unpaired) electrons. The van der Waals surface area contributed by atoms with Crippen molar-refractivity contribution in [1.82, 2.24) is 10.2 Å². The molecule has 0 saturated heterocycles. The third-order valence-corrected chi connectivity index (χ3v) is 3.61. The van der Waals surface area contributed by atoms with Crippen LogP contribution >= 0.6 is 11.8 Å². The number of nitrogens with one attached hydrogen (secondary N) is 1. The fourth-order valence-corrected chi connectivity index (χ4v) is 2.67. The molecule has 0 amide bonds. The lowest BCUT2D eigenvalue weighted by atomic mass is 9.94. The zero-order valence-corrected chi connectivity index (χ0v) is 9.40. The highest BCUT2D eigenvalue weighted by molar-refractivity contribution is 7.99. The first-order chi connectivity index (χ1) is 7.33. The lowest BCUT2D eigenvalue weighted by Gasteiger charge is -2.16. The van der Waals surface area contributed by atoms with Crippen molar-refractivity contribution in [3.8, 4) is 0 Å². The fourth-order valence-electron chi connectivity index (χ4n) is 1.89. The summed E-state index contributed by atoms with van der Waals surface area (Å²) in [5.74, 6) is 0.839. The average Bonchev–Trinajstić information content (AvgIpc) is 2.29. The van der Waals surface area contributed by atoms with Gasteiger partial charge in [-0.2, -0.15) is 5.10 Å². The van der Waals surface area contributed by atoms with E-state index in [1.807, 2.05) is 6.08 Å². The molecule has 0 bridgehead atoms. The number of rotatable bonds is 3. The van der Waals surface area contributed by atoms with Gasteiger partial charge in [0.05, 0.1) is 0 Å². The maximum Gasteiger partial charge on any atom is 0.267 e. The van der Waals surface area contributed by atoms with Gasteiger partial charge in [0.25, 0.3) is 5.56 Å². The molecular formula is C11H14N2OS. The second kappa shape index (κ2) is 4.66. The van der Waals surface area contributed by atoms with Gasteiger partial charge in [0.1, 0.15) is 5.03 Å². The van der Waals surface area contributed by atoms with Gasteiger partial charge in [-0.15, -0.1) is 18.3 Å². The van der Waals surface area contributed by atoms with Gasteiger partial charge < -0.3 is 0 Å². The van der Waals surface area contributed by atoms with Crippen molar-refractivity contribution in [1.29, 1.82) is 0 Å². The van der Waals surface area contributed by atoms with Gasteiger partial charge >= 0.3 is 0 Å². The molecule has 1 aliphatic rings. The molecule has 0 spiro atoms. The molecule has 2 rings (SSSR count). The maximum atomic E-state index is 11.5. The van der Waals surface area contributed by atoms with Gasteiger partial charge in [-0.1, -0.05) is 6.08 Å². The van der Waals surface area contributed by atoms with Crippen LogP contribution in [-0.4, -0.2) is 16.0 Å². The molecular weight excluding hydrogens is 208 g/mol.